The monoisotopic (exact) mass is 270 g/mol. The molecule has 102 valence electrons. The number of fused-ring (bicyclic) bond motifs is 1. The molecule has 2 aromatic rings. The second-order valence-corrected chi connectivity index (χ2v) is 4.79. The highest BCUT2D eigenvalue weighted by Crippen LogP contribution is 2.24. The molecule has 0 atom stereocenters. The highest BCUT2D eigenvalue weighted by atomic mass is 16.2. The highest BCUT2D eigenvalue weighted by molar-refractivity contribution is 6.02. The Bertz CT molecular complexity index is 664. The molecule has 1 aliphatic heterocycles. The minimum absolute atomic E-state index is 0.0338. The van der Waals surface area contributed by atoms with E-state index in [2.05, 4.69) is 15.3 Å². The van der Waals surface area contributed by atoms with E-state index in [4.69, 9.17) is 0 Å². The van der Waals surface area contributed by atoms with Gasteiger partial charge in [-0.3, -0.25) is 9.59 Å². The van der Waals surface area contributed by atoms with Crippen LogP contribution in [-0.2, 0) is 17.8 Å². The van der Waals surface area contributed by atoms with Crippen LogP contribution in [0, 0.1) is 0 Å². The van der Waals surface area contributed by atoms with Crippen molar-refractivity contribution in [1.29, 1.82) is 0 Å². The summed E-state index contributed by atoms with van der Waals surface area (Å²) in [4.78, 5) is 32.3. The normalized spacial score (nSPS) is 12.9. The Morgan fingerprint density at radius 1 is 1.45 bits per heavy atom. The van der Waals surface area contributed by atoms with Gasteiger partial charge in [-0.1, -0.05) is 6.07 Å². The van der Waals surface area contributed by atoms with Crippen LogP contribution in [0.3, 0.4) is 0 Å². The Morgan fingerprint density at radius 2 is 2.30 bits per heavy atom. The molecule has 0 bridgehead atoms. The minimum atomic E-state index is -0.106. The van der Waals surface area contributed by atoms with Crippen LogP contribution in [0.25, 0.3) is 0 Å². The van der Waals surface area contributed by atoms with Crippen LogP contribution in [0.4, 0.5) is 5.69 Å². The van der Waals surface area contributed by atoms with Gasteiger partial charge in [0, 0.05) is 30.7 Å². The standard InChI is InChI=1S/C14H14N4O2/c1-18(8-12-15-4-5-16-12)14(20)10-3-2-9-7-13(19)17-11(9)6-10/h2-6H,7-8H2,1H3,(H,15,16)(H,17,19). The number of rotatable bonds is 3. The van der Waals surface area contributed by atoms with Crippen LogP contribution < -0.4 is 5.32 Å². The van der Waals surface area contributed by atoms with Gasteiger partial charge in [-0.25, -0.2) is 4.98 Å². The molecule has 1 aliphatic rings. The van der Waals surface area contributed by atoms with Crippen molar-refractivity contribution in [3.8, 4) is 0 Å². The third-order valence-electron chi connectivity index (χ3n) is 3.27. The lowest BCUT2D eigenvalue weighted by molar-refractivity contribution is -0.115. The van der Waals surface area contributed by atoms with Gasteiger partial charge in [-0.15, -0.1) is 0 Å². The summed E-state index contributed by atoms with van der Waals surface area (Å²) in [6.07, 6.45) is 3.75. The number of benzene rings is 1. The molecule has 0 fully saturated rings. The van der Waals surface area contributed by atoms with Crippen LogP contribution in [-0.4, -0.2) is 33.7 Å². The molecule has 0 radical (unpaired) electrons. The maximum Gasteiger partial charge on any atom is 0.254 e. The zero-order chi connectivity index (χ0) is 14.1. The summed E-state index contributed by atoms with van der Waals surface area (Å²) in [5.74, 6) is 0.592. The number of carbonyl (C=O) groups is 2. The Kier molecular flexibility index (Phi) is 2.98. The maximum absolute atomic E-state index is 12.3. The number of carbonyl (C=O) groups excluding carboxylic acids is 2. The van der Waals surface area contributed by atoms with E-state index in [-0.39, 0.29) is 11.8 Å². The van der Waals surface area contributed by atoms with Gasteiger partial charge < -0.3 is 15.2 Å². The summed E-state index contributed by atoms with van der Waals surface area (Å²) in [7, 11) is 1.72. The quantitative estimate of drug-likeness (QED) is 0.879. The number of hydrogen-bond acceptors (Lipinski definition) is 3. The van der Waals surface area contributed by atoms with Gasteiger partial charge in [0.2, 0.25) is 5.91 Å². The fourth-order valence-corrected chi connectivity index (χ4v) is 2.25. The van der Waals surface area contributed by atoms with Crippen molar-refractivity contribution in [1.82, 2.24) is 14.9 Å². The summed E-state index contributed by atoms with van der Waals surface area (Å²) in [5.41, 5.74) is 2.22. The van der Waals surface area contributed by atoms with Crippen LogP contribution in [0.2, 0.25) is 0 Å². The molecule has 0 unspecified atom stereocenters. The fourth-order valence-electron chi connectivity index (χ4n) is 2.25. The van der Waals surface area contributed by atoms with Gasteiger partial charge in [-0.05, 0) is 17.7 Å². The number of anilines is 1. The van der Waals surface area contributed by atoms with E-state index in [0.717, 1.165) is 17.1 Å². The molecule has 1 aromatic carbocycles. The molecular formula is C14H14N4O2. The van der Waals surface area contributed by atoms with Gasteiger partial charge >= 0.3 is 0 Å². The number of H-pyrrole nitrogens is 1. The second kappa shape index (κ2) is 4.80. The number of amides is 2. The molecule has 6 nitrogen and oxygen atoms in total. The number of aromatic nitrogens is 2. The maximum atomic E-state index is 12.3. The minimum Gasteiger partial charge on any atom is -0.347 e. The van der Waals surface area contributed by atoms with Crippen molar-refractivity contribution in [3.63, 3.8) is 0 Å². The largest absolute Gasteiger partial charge is 0.347 e. The Hall–Kier alpha value is -2.63. The molecule has 0 spiro atoms. The number of nitrogens with one attached hydrogen (secondary N) is 2. The molecule has 2 amide bonds. The smallest absolute Gasteiger partial charge is 0.254 e. The number of aromatic amines is 1. The summed E-state index contributed by atoms with van der Waals surface area (Å²) in [6.45, 7) is 0.412. The zero-order valence-electron chi connectivity index (χ0n) is 11.0. The van der Waals surface area contributed by atoms with Crippen molar-refractivity contribution < 1.29 is 9.59 Å². The summed E-state index contributed by atoms with van der Waals surface area (Å²) in [6, 6.07) is 5.29. The number of hydrogen-bond donors (Lipinski definition) is 2. The molecule has 0 aliphatic carbocycles. The summed E-state index contributed by atoms with van der Waals surface area (Å²) in [5, 5.41) is 2.75. The molecule has 20 heavy (non-hydrogen) atoms. The number of nitrogens with zero attached hydrogens (tertiary/aromatic N) is 2. The first-order chi connectivity index (χ1) is 9.63. The van der Waals surface area contributed by atoms with E-state index in [0.29, 0.717) is 18.5 Å². The molecule has 0 saturated heterocycles. The third-order valence-corrected chi connectivity index (χ3v) is 3.27. The molecule has 0 saturated carbocycles. The van der Waals surface area contributed by atoms with Gasteiger partial charge in [0.25, 0.3) is 5.91 Å². The van der Waals surface area contributed by atoms with E-state index < -0.39 is 0 Å². The van der Waals surface area contributed by atoms with E-state index in [1.165, 1.54) is 0 Å². The Morgan fingerprint density at radius 3 is 3.05 bits per heavy atom. The fraction of sp³-hybridized carbons (Fsp3) is 0.214. The first-order valence-corrected chi connectivity index (χ1v) is 6.30. The van der Waals surface area contributed by atoms with Crippen molar-refractivity contribution in [3.05, 3.63) is 47.5 Å². The summed E-state index contributed by atoms with van der Waals surface area (Å²) >= 11 is 0. The third kappa shape index (κ3) is 2.27. The lowest BCUT2D eigenvalue weighted by Gasteiger charge is -2.16. The molecule has 3 rings (SSSR count). The predicted molar refractivity (Wildman–Crippen MR) is 73.2 cm³/mol. The van der Waals surface area contributed by atoms with Crippen LogP contribution in [0.5, 0.6) is 0 Å². The SMILES string of the molecule is CN(Cc1ncc[nH]1)C(=O)c1ccc2c(c1)NC(=O)C2. The molecular weight excluding hydrogens is 256 g/mol. The van der Waals surface area contributed by atoms with Crippen molar-refractivity contribution in [2.45, 2.75) is 13.0 Å². The first kappa shape index (κ1) is 12.4. The Balaban J connectivity index is 1.77. The molecule has 1 aromatic heterocycles. The van der Waals surface area contributed by atoms with Crippen LogP contribution in [0.15, 0.2) is 30.6 Å². The van der Waals surface area contributed by atoms with E-state index in [1.807, 2.05) is 6.07 Å². The van der Waals surface area contributed by atoms with Crippen molar-refractivity contribution >= 4 is 17.5 Å². The highest BCUT2D eigenvalue weighted by Gasteiger charge is 2.20. The van der Waals surface area contributed by atoms with Gasteiger partial charge in [-0.2, -0.15) is 0 Å². The van der Waals surface area contributed by atoms with E-state index in [1.54, 1.807) is 36.5 Å². The van der Waals surface area contributed by atoms with Crippen LogP contribution >= 0.6 is 0 Å². The van der Waals surface area contributed by atoms with Crippen LogP contribution in [0.1, 0.15) is 21.7 Å². The van der Waals surface area contributed by atoms with Crippen molar-refractivity contribution in [2.24, 2.45) is 0 Å². The average Bonchev–Trinajstić information content (AvgIpc) is 3.04. The van der Waals surface area contributed by atoms with E-state index >= 15 is 0 Å². The van der Waals surface area contributed by atoms with E-state index in [9.17, 15) is 9.59 Å². The zero-order valence-corrected chi connectivity index (χ0v) is 11.0. The first-order valence-electron chi connectivity index (χ1n) is 6.30. The lowest BCUT2D eigenvalue weighted by Crippen LogP contribution is -2.26. The lowest BCUT2D eigenvalue weighted by atomic mass is 10.1. The van der Waals surface area contributed by atoms with Gasteiger partial charge in [0.1, 0.15) is 5.82 Å². The molecule has 6 heteroatoms. The second-order valence-electron chi connectivity index (χ2n) is 4.79. The summed E-state index contributed by atoms with van der Waals surface area (Å²) < 4.78 is 0. The molecule has 2 heterocycles. The number of imidazole rings is 1. The Labute approximate surface area is 115 Å². The van der Waals surface area contributed by atoms with Gasteiger partial charge in [0.15, 0.2) is 0 Å². The van der Waals surface area contributed by atoms with Gasteiger partial charge in [0.05, 0.1) is 13.0 Å². The van der Waals surface area contributed by atoms with Crippen molar-refractivity contribution in [2.75, 3.05) is 12.4 Å². The average molecular weight is 270 g/mol. The predicted octanol–water partition coefficient (Wildman–Crippen LogP) is 1.18. The topological polar surface area (TPSA) is 78.1 Å². The molecule has 2 N–H and O–H groups in total.